The molecular formula is C23H25N3O4. The first-order valence-electron chi connectivity index (χ1n) is 10.2. The van der Waals surface area contributed by atoms with Gasteiger partial charge in [0.2, 0.25) is 0 Å². The standard InChI is InChI=1S/C23H25N3O4/c1-15-10-19(16(2)30-15)22(27)25-9-8-23(13-25)14-26-20(11-24-21(26)12-29-23)17-4-6-18(28-3)7-5-17/h4-7,10-11H,8-9,12-14H2,1-3H3/t23-/m1/s1. The van der Waals surface area contributed by atoms with E-state index in [1.807, 2.05) is 55.3 Å². The number of aromatic nitrogens is 2. The van der Waals surface area contributed by atoms with Crippen LogP contribution in [0, 0.1) is 13.8 Å². The zero-order valence-electron chi connectivity index (χ0n) is 17.5. The molecule has 0 aliphatic carbocycles. The summed E-state index contributed by atoms with van der Waals surface area (Å²) in [6, 6.07) is 9.81. The number of fused-ring (bicyclic) bond motifs is 1. The van der Waals surface area contributed by atoms with Crippen LogP contribution in [-0.4, -0.2) is 46.2 Å². The molecule has 1 atom stereocenters. The maximum atomic E-state index is 13.0. The summed E-state index contributed by atoms with van der Waals surface area (Å²) in [6.07, 6.45) is 2.70. The molecule has 4 heterocycles. The fourth-order valence-electron chi connectivity index (χ4n) is 4.53. The highest BCUT2D eigenvalue weighted by Gasteiger charge is 2.45. The molecule has 7 nitrogen and oxygen atoms in total. The van der Waals surface area contributed by atoms with Crippen molar-refractivity contribution in [3.05, 3.63) is 59.4 Å². The van der Waals surface area contributed by atoms with Crippen LogP contribution < -0.4 is 4.74 Å². The predicted octanol–water partition coefficient (Wildman–Crippen LogP) is 3.58. The minimum Gasteiger partial charge on any atom is -0.497 e. The van der Waals surface area contributed by atoms with Gasteiger partial charge in [0.25, 0.3) is 5.91 Å². The lowest BCUT2D eigenvalue weighted by atomic mass is 10.0. The Hall–Kier alpha value is -3.06. The van der Waals surface area contributed by atoms with Crippen LogP contribution in [0.15, 0.2) is 40.9 Å². The smallest absolute Gasteiger partial charge is 0.257 e. The minimum absolute atomic E-state index is 0.0108. The zero-order chi connectivity index (χ0) is 20.9. The minimum atomic E-state index is -0.392. The number of rotatable bonds is 3. The van der Waals surface area contributed by atoms with Gasteiger partial charge >= 0.3 is 0 Å². The molecule has 0 saturated carbocycles. The van der Waals surface area contributed by atoms with Crippen LogP contribution in [-0.2, 0) is 17.9 Å². The molecule has 2 aliphatic heterocycles. The molecule has 1 saturated heterocycles. The van der Waals surface area contributed by atoms with Crippen LogP contribution in [0.5, 0.6) is 5.75 Å². The molecule has 2 aliphatic rings. The van der Waals surface area contributed by atoms with Crippen molar-refractivity contribution in [2.75, 3.05) is 20.2 Å². The molecule has 3 aromatic rings. The van der Waals surface area contributed by atoms with Crippen LogP contribution >= 0.6 is 0 Å². The van der Waals surface area contributed by atoms with E-state index in [1.54, 1.807) is 7.11 Å². The normalized spacial score (nSPS) is 20.6. The van der Waals surface area contributed by atoms with Gasteiger partial charge in [0, 0.05) is 12.1 Å². The van der Waals surface area contributed by atoms with E-state index >= 15 is 0 Å². The number of imidazole rings is 1. The number of likely N-dealkylation sites (tertiary alicyclic amines) is 1. The van der Waals surface area contributed by atoms with Gasteiger partial charge in [-0.25, -0.2) is 4.98 Å². The van der Waals surface area contributed by atoms with Crippen molar-refractivity contribution >= 4 is 5.91 Å². The average molecular weight is 407 g/mol. The lowest BCUT2D eigenvalue weighted by Gasteiger charge is -2.35. The summed E-state index contributed by atoms with van der Waals surface area (Å²) in [4.78, 5) is 19.5. The first kappa shape index (κ1) is 18.9. The van der Waals surface area contributed by atoms with Crippen LogP contribution in [0.2, 0.25) is 0 Å². The van der Waals surface area contributed by atoms with Gasteiger partial charge in [-0.1, -0.05) is 0 Å². The van der Waals surface area contributed by atoms with Crippen molar-refractivity contribution in [2.45, 2.75) is 39.0 Å². The lowest BCUT2D eigenvalue weighted by Crippen LogP contribution is -2.45. The van der Waals surface area contributed by atoms with Crippen molar-refractivity contribution in [1.82, 2.24) is 14.5 Å². The molecule has 7 heteroatoms. The molecule has 30 heavy (non-hydrogen) atoms. The van der Waals surface area contributed by atoms with E-state index in [9.17, 15) is 4.79 Å². The molecule has 156 valence electrons. The molecular weight excluding hydrogens is 382 g/mol. The summed E-state index contributed by atoms with van der Waals surface area (Å²) >= 11 is 0. The van der Waals surface area contributed by atoms with Gasteiger partial charge in [-0.2, -0.15) is 0 Å². The second-order valence-electron chi connectivity index (χ2n) is 8.15. The van der Waals surface area contributed by atoms with Crippen molar-refractivity contribution < 1.29 is 18.7 Å². The molecule has 1 amide bonds. The maximum Gasteiger partial charge on any atom is 0.257 e. The molecule has 0 bridgehead atoms. The number of nitrogens with zero attached hydrogens (tertiary/aromatic N) is 3. The van der Waals surface area contributed by atoms with Crippen molar-refractivity contribution in [1.29, 1.82) is 0 Å². The molecule has 1 fully saturated rings. The summed E-state index contributed by atoms with van der Waals surface area (Å²) in [5, 5.41) is 0. The Balaban J connectivity index is 1.38. The van der Waals surface area contributed by atoms with Crippen LogP contribution in [0.3, 0.4) is 0 Å². The monoisotopic (exact) mass is 407 g/mol. The number of hydrogen-bond donors (Lipinski definition) is 0. The molecule has 5 rings (SSSR count). The molecule has 0 radical (unpaired) electrons. The molecule has 0 unspecified atom stereocenters. The largest absolute Gasteiger partial charge is 0.497 e. The van der Waals surface area contributed by atoms with Crippen LogP contribution in [0.1, 0.15) is 34.1 Å². The number of aryl methyl sites for hydroxylation is 2. The zero-order valence-corrected chi connectivity index (χ0v) is 17.5. The Morgan fingerprint density at radius 1 is 1.20 bits per heavy atom. The number of ether oxygens (including phenoxy) is 2. The van der Waals surface area contributed by atoms with E-state index in [1.165, 1.54) is 0 Å². The third-order valence-electron chi connectivity index (χ3n) is 6.15. The number of furan rings is 1. The van der Waals surface area contributed by atoms with Crippen molar-refractivity contribution in [2.24, 2.45) is 0 Å². The number of amides is 1. The highest BCUT2D eigenvalue weighted by atomic mass is 16.5. The Kier molecular flexibility index (Phi) is 4.43. The Morgan fingerprint density at radius 3 is 2.70 bits per heavy atom. The second kappa shape index (κ2) is 7.02. The number of hydrogen-bond acceptors (Lipinski definition) is 5. The quantitative estimate of drug-likeness (QED) is 0.664. The average Bonchev–Trinajstić information content (AvgIpc) is 3.45. The summed E-state index contributed by atoms with van der Waals surface area (Å²) in [5.41, 5.74) is 2.39. The Morgan fingerprint density at radius 2 is 2.00 bits per heavy atom. The van der Waals surface area contributed by atoms with Gasteiger partial charge in [0.15, 0.2) is 0 Å². The van der Waals surface area contributed by atoms with Crippen molar-refractivity contribution in [3.8, 4) is 17.0 Å². The topological polar surface area (TPSA) is 69.7 Å². The molecule has 1 spiro atoms. The van der Waals surface area contributed by atoms with Gasteiger partial charge in [-0.05, 0) is 50.6 Å². The van der Waals surface area contributed by atoms with E-state index in [0.29, 0.717) is 37.6 Å². The fourth-order valence-corrected chi connectivity index (χ4v) is 4.53. The highest BCUT2D eigenvalue weighted by Crippen LogP contribution is 2.36. The molecule has 2 aromatic heterocycles. The van der Waals surface area contributed by atoms with E-state index in [0.717, 1.165) is 35.0 Å². The number of carbonyl (C=O) groups excluding carboxylic acids is 1. The van der Waals surface area contributed by atoms with Gasteiger partial charge in [0.05, 0.1) is 37.7 Å². The third kappa shape index (κ3) is 3.10. The summed E-state index contributed by atoms with van der Waals surface area (Å²) in [6.45, 7) is 6.06. The van der Waals surface area contributed by atoms with Gasteiger partial charge in [0.1, 0.15) is 35.3 Å². The van der Waals surface area contributed by atoms with E-state index in [2.05, 4.69) is 9.55 Å². The maximum absolute atomic E-state index is 13.0. The first-order valence-corrected chi connectivity index (χ1v) is 10.2. The number of methoxy groups -OCH3 is 1. The summed E-state index contributed by atoms with van der Waals surface area (Å²) < 4.78 is 19.3. The fraction of sp³-hybridized carbons (Fsp3) is 0.391. The van der Waals surface area contributed by atoms with E-state index < -0.39 is 5.60 Å². The van der Waals surface area contributed by atoms with Crippen LogP contribution in [0.25, 0.3) is 11.3 Å². The third-order valence-corrected chi connectivity index (χ3v) is 6.15. The Labute approximate surface area is 175 Å². The van der Waals surface area contributed by atoms with Crippen LogP contribution in [0.4, 0.5) is 0 Å². The Bertz CT molecular complexity index is 1100. The van der Waals surface area contributed by atoms with Gasteiger partial charge in [-0.15, -0.1) is 0 Å². The van der Waals surface area contributed by atoms with E-state index in [4.69, 9.17) is 13.9 Å². The van der Waals surface area contributed by atoms with Gasteiger partial charge in [-0.3, -0.25) is 4.79 Å². The van der Waals surface area contributed by atoms with Gasteiger partial charge < -0.3 is 23.4 Å². The highest BCUT2D eigenvalue weighted by molar-refractivity contribution is 5.95. The summed E-state index contributed by atoms with van der Waals surface area (Å²) in [7, 11) is 1.66. The molecule has 0 N–H and O–H groups in total. The molecule has 1 aromatic carbocycles. The summed E-state index contributed by atoms with van der Waals surface area (Å²) in [5.74, 6) is 3.17. The SMILES string of the molecule is COc1ccc(-c2cnc3n2C[C@]2(CCN(C(=O)c4cc(C)oc4C)C2)OC3)cc1. The lowest BCUT2D eigenvalue weighted by molar-refractivity contribution is -0.0804. The van der Waals surface area contributed by atoms with E-state index in [-0.39, 0.29) is 5.91 Å². The predicted molar refractivity (Wildman–Crippen MR) is 110 cm³/mol. The second-order valence-corrected chi connectivity index (χ2v) is 8.15. The van der Waals surface area contributed by atoms with Crippen molar-refractivity contribution in [3.63, 3.8) is 0 Å². The first-order chi connectivity index (χ1) is 14.5. The number of benzene rings is 1. The number of carbonyl (C=O) groups is 1.